The van der Waals surface area contributed by atoms with Gasteiger partial charge in [-0.3, -0.25) is 0 Å². The van der Waals surface area contributed by atoms with E-state index in [4.69, 9.17) is 10.7 Å². The van der Waals surface area contributed by atoms with Crippen LogP contribution < -0.4 is 4.72 Å². The minimum absolute atomic E-state index is 0.0881. The van der Waals surface area contributed by atoms with Gasteiger partial charge < -0.3 is 0 Å². The van der Waals surface area contributed by atoms with Crippen LogP contribution in [0.15, 0.2) is 24.3 Å². The van der Waals surface area contributed by atoms with Crippen LogP contribution in [-0.2, 0) is 22.1 Å². The largest absolute Gasteiger partial charge is 0.297 e. The highest BCUT2D eigenvalue weighted by atomic mass is 35.7. The number of fused-ring (bicyclic) bond motifs is 1. The third-order valence-corrected chi connectivity index (χ3v) is 3.24. The van der Waals surface area contributed by atoms with Crippen molar-refractivity contribution >= 4 is 19.9 Å². The summed E-state index contributed by atoms with van der Waals surface area (Å²) in [4.78, 5) is 0. The Morgan fingerprint density at radius 2 is 1.71 bits per heavy atom. The molecule has 5 heteroatoms. The quantitative estimate of drug-likeness (QED) is 0.779. The van der Waals surface area contributed by atoms with Gasteiger partial charge in [0.2, 0.25) is 0 Å². The second-order valence-electron chi connectivity index (χ2n) is 3.43. The second kappa shape index (κ2) is 3.53. The van der Waals surface area contributed by atoms with Crippen molar-refractivity contribution in [2.75, 3.05) is 0 Å². The standard InChI is InChI=1S/C9H10ClNO2S/c10-14(12,13)11-9-5-7-3-1-2-4-8(7)6-9/h1-4,9,11H,5-6H2. The Labute approximate surface area is 87.6 Å². The van der Waals surface area contributed by atoms with Crippen LogP contribution >= 0.6 is 10.7 Å². The molecular weight excluding hydrogens is 222 g/mol. The summed E-state index contributed by atoms with van der Waals surface area (Å²) in [6.07, 6.45) is 1.45. The van der Waals surface area contributed by atoms with Crippen molar-refractivity contribution < 1.29 is 8.42 Å². The van der Waals surface area contributed by atoms with Crippen LogP contribution in [0.1, 0.15) is 11.1 Å². The minimum Gasteiger partial charge on any atom is -0.198 e. The van der Waals surface area contributed by atoms with Gasteiger partial charge in [0.1, 0.15) is 0 Å². The topological polar surface area (TPSA) is 46.2 Å². The Bertz CT molecular complexity index is 419. The van der Waals surface area contributed by atoms with E-state index in [1.165, 1.54) is 11.1 Å². The van der Waals surface area contributed by atoms with Crippen molar-refractivity contribution in [1.82, 2.24) is 4.72 Å². The molecule has 14 heavy (non-hydrogen) atoms. The Morgan fingerprint density at radius 1 is 1.21 bits per heavy atom. The number of hydrogen-bond donors (Lipinski definition) is 1. The molecular formula is C9H10ClNO2S. The summed E-state index contributed by atoms with van der Waals surface area (Å²) in [5.41, 5.74) is 2.40. The number of nitrogens with one attached hydrogen (secondary N) is 1. The van der Waals surface area contributed by atoms with Crippen molar-refractivity contribution in [2.24, 2.45) is 0 Å². The summed E-state index contributed by atoms with van der Waals surface area (Å²) < 4.78 is 24.0. The molecule has 0 atom stereocenters. The zero-order valence-electron chi connectivity index (χ0n) is 7.40. The number of benzene rings is 1. The molecule has 0 aliphatic heterocycles. The molecule has 0 fully saturated rings. The first-order valence-electron chi connectivity index (χ1n) is 4.33. The third kappa shape index (κ3) is 2.26. The molecule has 0 aromatic heterocycles. The maximum absolute atomic E-state index is 10.8. The first kappa shape index (κ1) is 9.96. The van der Waals surface area contributed by atoms with Crippen molar-refractivity contribution in [3.63, 3.8) is 0 Å². The Balaban J connectivity index is 2.13. The van der Waals surface area contributed by atoms with E-state index in [2.05, 4.69) is 4.72 Å². The average Bonchev–Trinajstić information content (AvgIpc) is 2.42. The lowest BCUT2D eigenvalue weighted by molar-refractivity contribution is 0.569. The summed E-state index contributed by atoms with van der Waals surface area (Å²) >= 11 is 0. The summed E-state index contributed by atoms with van der Waals surface area (Å²) in [5, 5.41) is 0. The fourth-order valence-corrected chi connectivity index (χ4v) is 2.78. The molecule has 1 aliphatic carbocycles. The Hall–Kier alpha value is -0.580. The Morgan fingerprint density at radius 3 is 2.14 bits per heavy atom. The van der Waals surface area contributed by atoms with Gasteiger partial charge in [-0.15, -0.1) is 0 Å². The van der Waals surface area contributed by atoms with E-state index in [1.807, 2.05) is 24.3 Å². The van der Waals surface area contributed by atoms with E-state index in [1.54, 1.807) is 0 Å². The van der Waals surface area contributed by atoms with E-state index in [9.17, 15) is 8.42 Å². The molecule has 0 saturated carbocycles. The van der Waals surface area contributed by atoms with Crippen LogP contribution in [-0.4, -0.2) is 14.5 Å². The molecule has 1 N–H and O–H groups in total. The van der Waals surface area contributed by atoms with E-state index in [0.717, 1.165) is 12.8 Å². The monoisotopic (exact) mass is 231 g/mol. The fraction of sp³-hybridized carbons (Fsp3) is 0.333. The molecule has 1 aromatic carbocycles. The molecule has 76 valence electrons. The zero-order chi connectivity index (χ0) is 10.2. The molecule has 0 saturated heterocycles. The lowest BCUT2D eigenvalue weighted by Crippen LogP contribution is -2.32. The van der Waals surface area contributed by atoms with Gasteiger partial charge in [-0.25, -0.2) is 0 Å². The highest BCUT2D eigenvalue weighted by Crippen LogP contribution is 2.22. The van der Waals surface area contributed by atoms with Gasteiger partial charge in [0.05, 0.1) is 0 Å². The van der Waals surface area contributed by atoms with Crippen LogP contribution in [0.2, 0.25) is 0 Å². The molecule has 1 aliphatic rings. The Kier molecular flexibility index (Phi) is 2.51. The van der Waals surface area contributed by atoms with Crippen molar-refractivity contribution in [2.45, 2.75) is 18.9 Å². The smallest absolute Gasteiger partial charge is 0.198 e. The third-order valence-electron chi connectivity index (χ3n) is 2.36. The van der Waals surface area contributed by atoms with Crippen LogP contribution in [0.3, 0.4) is 0 Å². The average molecular weight is 232 g/mol. The van der Waals surface area contributed by atoms with E-state index in [-0.39, 0.29) is 6.04 Å². The second-order valence-corrected chi connectivity index (χ2v) is 5.76. The van der Waals surface area contributed by atoms with Gasteiger partial charge in [0, 0.05) is 16.7 Å². The number of hydrogen-bond acceptors (Lipinski definition) is 2. The molecule has 0 unspecified atom stereocenters. The van der Waals surface area contributed by atoms with E-state index >= 15 is 0 Å². The predicted molar refractivity (Wildman–Crippen MR) is 55.5 cm³/mol. The van der Waals surface area contributed by atoms with Crippen LogP contribution in [0, 0.1) is 0 Å². The molecule has 0 bridgehead atoms. The van der Waals surface area contributed by atoms with E-state index in [0.29, 0.717) is 0 Å². The summed E-state index contributed by atoms with van der Waals surface area (Å²) in [6.45, 7) is 0. The van der Waals surface area contributed by atoms with Crippen LogP contribution in [0.5, 0.6) is 0 Å². The van der Waals surface area contributed by atoms with Crippen LogP contribution in [0.25, 0.3) is 0 Å². The molecule has 2 rings (SSSR count). The molecule has 0 heterocycles. The molecule has 0 spiro atoms. The summed E-state index contributed by atoms with van der Waals surface area (Å²) in [6, 6.07) is 7.85. The van der Waals surface area contributed by atoms with Gasteiger partial charge in [-0.05, 0) is 24.0 Å². The van der Waals surface area contributed by atoms with Crippen molar-refractivity contribution in [1.29, 1.82) is 0 Å². The predicted octanol–water partition coefficient (Wildman–Crippen LogP) is 1.23. The van der Waals surface area contributed by atoms with Gasteiger partial charge in [-0.1, -0.05) is 24.3 Å². The van der Waals surface area contributed by atoms with Gasteiger partial charge in [0.15, 0.2) is 0 Å². The normalized spacial score (nSPS) is 16.9. The summed E-state index contributed by atoms with van der Waals surface area (Å²) in [7, 11) is 1.51. The zero-order valence-corrected chi connectivity index (χ0v) is 8.98. The van der Waals surface area contributed by atoms with Gasteiger partial charge >= 0.3 is 0 Å². The van der Waals surface area contributed by atoms with Crippen molar-refractivity contribution in [3.8, 4) is 0 Å². The number of halogens is 1. The molecule has 0 amide bonds. The molecule has 1 aromatic rings. The maximum atomic E-state index is 10.8. The minimum atomic E-state index is -3.60. The fourth-order valence-electron chi connectivity index (χ4n) is 1.84. The number of rotatable bonds is 2. The first-order chi connectivity index (χ1) is 6.54. The lowest BCUT2D eigenvalue weighted by Gasteiger charge is -2.07. The van der Waals surface area contributed by atoms with Gasteiger partial charge in [0.25, 0.3) is 9.24 Å². The van der Waals surface area contributed by atoms with E-state index < -0.39 is 9.24 Å². The lowest BCUT2D eigenvalue weighted by atomic mass is 10.1. The molecule has 3 nitrogen and oxygen atoms in total. The first-order valence-corrected chi connectivity index (χ1v) is 6.64. The van der Waals surface area contributed by atoms with Gasteiger partial charge in [-0.2, -0.15) is 13.1 Å². The van der Waals surface area contributed by atoms with Crippen LogP contribution in [0.4, 0.5) is 0 Å². The summed E-state index contributed by atoms with van der Waals surface area (Å²) in [5.74, 6) is 0. The van der Waals surface area contributed by atoms with Crippen molar-refractivity contribution in [3.05, 3.63) is 35.4 Å². The highest BCUT2D eigenvalue weighted by Gasteiger charge is 2.23. The molecule has 0 radical (unpaired) electrons. The highest BCUT2D eigenvalue weighted by molar-refractivity contribution is 8.12. The SMILES string of the molecule is O=S(=O)(Cl)NC1Cc2ccccc2C1. The maximum Gasteiger partial charge on any atom is 0.297 e.